The number of rotatable bonds is 3. The second-order valence-corrected chi connectivity index (χ2v) is 9.64. The van der Waals surface area contributed by atoms with Crippen LogP contribution in [-0.2, 0) is 9.53 Å². The molecule has 0 aromatic heterocycles. The van der Waals surface area contributed by atoms with E-state index in [1.165, 1.54) is 19.3 Å². The number of hydrogen-bond acceptors (Lipinski definition) is 2. The summed E-state index contributed by atoms with van der Waals surface area (Å²) in [5, 5.41) is 0. The zero-order valence-corrected chi connectivity index (χ0v) is 14.8. The van der Waals surface area contributed by atoms with Gasteiger partial charge in [0.2, 0.25) is 0 Å². The highest BCUT2D eigenvalue weighted by atomic mass is 16.6. The molecule has 5 aliphatic rings. The first kappa shape index (κ1) is 15.7. The van der Waals surface area contributed by atoms with Crippen LogP contribution < -0.4 is 0 Å². The smallest absolute Gasteiger partial charge is 0.309 e. The third-order valence-corrected chi connectivity index (χ3v) is 8.79. The molecule has 4 bridgehead atoms. The van der Waals surface area contributed by atoms with Crippen molar-refractivity contribution >= 4 is 5.97 Å². The van der Waals surface area contributed by atoms with Crippen molar-refractivity contribution < 1.29 is 9.53 Å². The summed E-state index contributed by atoms with van der Waals surface area (Å²) in [6.45, 7) is 14.9. The van der Waals surface area contributed by atoms with Crippen molar-refractivity contribution in [2.45, 2.75) is 63.9 Å². The van der Waals surface area contributed by atoms with E-state index in [1.807, 2.05) is 0 Å². The highest BCUT2D eigenvalue weighted by molar-refractivity contribution is 5.74. The number of esters is 1. The van der Waals surface area contributed by atoms with Gasteiger partial charge in [0.15, 0.2) is 0 Å². The van der Waals surface area contributed by atoms with Gasteiger partial charge >= 0.3 is 5.97 Å². The van der Waals surface area contributed by atoms with Gasteiger partial charge in [0, 0.05) is 0 Å². The Kier molecular flexibility index (Phi) is 3.43. The Morgan fingerprint density at radius 1 is 1.08 bits per heavy atom. The van der Waals surface area contributed by atoms with Crippen LogP contribution in [0.1, 0.15) is 58.3 Å². The maximum absolute atomic E-state index is 13.1. The molecule has 0 aromatic rings. The molecule has 5 rings (SSSR count). The zero-order valence-electron chi connectivity index (χ0n) is 14.8. The van der Waals surface area contributed by atoms with Gasteiger partial charge in [0.25, 0.3) is 0 Å². The van der Waals surface area contributed by atoms with Gasteiger partial charge in [0.1, 0.15) is 5.60 Å². The molecule has 5 aliphatic carbocycles. The number of carbonyl (C=O) groups is 1. The van der Waals surface area contributed by atoms with E-state index in [0.717, 1.165) is 38.0 Å². The summed E-state index contributed by atoms with van der Waals surface area (Å²) in [7, 11) is 0. The van der Waals surface area contributed by atoms with Crippen LogP contribution in [0.3, 0.4) is 0 Å². The molecule has 0 aromatic carbocycles. The van der Waals surface area contributed by atoms with Crippen molar-refractivity contribution in [3.63, 3.8) is 0 Å². The van der Waals surface area contributed by atoms with Gasteiger partial charge in [-0.15, -0.1) is 0 Å². The Bertz CT molecular complexity index is 542. The quantitative estimate of drug-likeness (QED) is 0.717. The minimum absolute atomic E-state index is 0.0927. The molecule has 5 saturated carbocycles. The second kappa shape index (κ2) is 5.24. The fraction of sp³-hybridized carbons (Fsp3) is 0.864. The molecule has 10 atom stereocenters. The van der Waals surface area contributed by atoms with Crippen molar-refractivity contribution in [3.8, 4) is 0 Å². The van der Waals surface area contributed by atoms with Crippen molar-refractivity contribution in [2.75, 3.05) is 0 Å². The Labute approximate surface area is 147 Å². The maximum atomic E-state index is 13.1. The van der Waals surface area contributed by atoms with Gasteiger partial charge in [-0.2, -0.15) is 0 Å². The molecule has 2 nitrogen and oxygen atoms in total. The lowest BCUT2D eigenvalue weighted by Crippen LogP contribution is -2.43. The van der Waals surface area contributed by atoms with Crippen LogP contribution in [0.25, 0.3) is 0 Å². The molecule has 0 aliphatic heterocycles. The van der Waals surface area contributed by atoms with Crippen molar-refractivity contribution in [1.29, 1.82) is 0 Å². The molecule has 0 saturated heterocycles. The molecule has 5 fully saturated rings. The highest BCUT2D eigenvalue weighted by Gasteiger charge is 2.61. The van der Waals surface area contributed by atoms with E-state index in [9.17, 15) is 4.79 Å². The monoisotopic (exact) mass is 326 g/mol. The second-order valence-electron chi connectivity index (χ2n) is 9.64. The summed E-state index contributed by atoms with van der Waals surface area (Å²) in [5.74, 6) is 4.13. The van der Waals surface area contributed by atoms with Crippen LogP contribution in [0.15, 0.2) is 0 Å². The average Bonchev–Trinajstić information content (AvgIpc) is 3.33. The number of hydrogen-bond donors (Lipinski definition) is 0. The summed E-state index contributed by atoms with van der Waals surface area (Å²) in [6, 6.07) is 0. The van der Waals surface area contributed by atoms with Crippen LogP contribution in [0.5, 0.6) is 0 Å². The first-order valence-electron chi connectivity index (χ1n) is 10.3. The lowest BCUT2D eigenvalue weighted by atomic mass is 9.71. The van der Waals surface area contributed by atoms with Gasteiger partial charge in [0.05, 0.1) is 5.92 Å². The predicted molar refractivity (Wildman–Crippen MR) is 91.4 cm³/mol. The topological polar surface area (TPSA) is 26.3 Å². The molecule has 10 unspecified atom stereocenters. The standard InChI is InChI=1S/C22H30O2/c1-4-22(11-14-5-6-16(22)8-14)24-21(23)18-10-15-9-17(18)20-13(3)7-12(2)19(15)20/h2-3,12-20H,4-11H2,1H3. The summed E-state index contributed by atoms with van der Waals surface area (Å²) in [5.41, 5.74) is -0.143. The van der Waals surface area contributed by atoms with Gasteiger partial charge in [-0.3, -0.25) is 4.79 Å². The molecule has 24 heavy (non-hydrogen) atoms. The largest absolute Gasteiger partial charge is 0.459 e. The van der Waals surface area contributed by atoms with Crippen LogP contribution in [0, 0.1) is 67.1 Å². The predicted octanol–water partition coefficient (Wildman–Crippen LogP) is 4.45. The number of ether oxygens (including phenoxy) is 1. The van der Waals surface area contributed by atoms with E-state index in [0.29, 0.717) is 29.6 Å². The Morgan fingerprint density at radius 2 is 1.88 bits per heavy atom. The van der Waals surface area contributed by atoms with Gasteiger partial charge in [-0.25, -0.2) is 0 Å². The minimum atomic E-state index is -0.143. The fourth-order valence-corrected chi connectivity index (χ4v) is 7.89. The van der Waals surface area contributed by atoms with Crippen molar-refractivity contribution in [2.24, 2.45) is 53.3 Å². The summed E-state index contributed by atoms with van der Waals surface area (Å²) < 4.78 is 6.32. The minimum Gasteiger partial charge on any atom is -0.459 e. The number of carbonyl (C=O) groups excluding carboxylic acids is 1. The molecule has 0 amide bonds. The first-order chi connectivity index (χ1) is 11.5. The van der Waals surface area contributed by atoms with Crippen LogP contribution in [0.2, 0.25) is 0 Å². The van der Waals surface area contributed by atoms with Gasteiger partial charge in [-0.1, -0.05) is 6.92 Å². The van der Waals surface area contributed by atoms with Gasteiger partial charge in [-0.05, 0) is 113 Å². The summed E-state index contributed by atoms with van der Waals surface area (Å²) >= 11 is 0. The molecule has 0 heterocycles. The summed E-state index contributed by atoms with van der Waals surface area (Å²) in [6.07, 6.45) is 9.06. The molecule has 130 valence electrons. The molecule has 4 radical (unpaired) electrons. The van der Waals surface area contributed by atoms with E-state index in [-0.39, 0.29) is 29.3 Å². The van der Waals surface area contributed by atoms with Crippen LogP contribution >= 0.6 is 0 Å². The Morgan fingerprint density at radius 3 is 2.54 bits per heavy atom. The first-order valence-corrected chi connectivity index (χ1v) is 10.3. The van der Waals surface area contributed by atoms with E-state index < -0.39 is 0 Å². The normalized spacial score (nSPS) is 57.5. The van der Waals surface area contributed by atoms with E-state index in [4.69, 9.17) is 18.6 Å². The molecule has 0 spiro atoms. The molecular formula is C22H30O2. The Hall–Kier alpha value is -0.530. The van der Waals surface area contributed by atoms with Gasteiger partial charge < -0.3 is 4.74 Å². The SMILES string of the molecule is [CH]C1CC([CH])C2C3CC(CC3C(=O)OC3(CC)CC4CCC3C4)C12. The van der Waals surface area contributed by atoms with E-state index in [2.05, 4.69) is 6.92 Å². The van der Waals surface area contributed by atoms with Crippen LogP contribution in [0.4, 0.5) is 0 Å². The lowest BCUT2D eigenvalue weighted by Gasteiger charge is -2.39. The van der Waals surface area contributed by atoms with Crippen molar-refractivity contribution in [3.05, 3.63) is 13.8 Å². The van der Waals surface area contributed by atoms with Crippen molar-refractivity contribution in [1.82, 2.24) is 0 Å². The number of fused-ring (bicyclic) bond motifs is 7. The lowest BCUT2D eigenvalue weighted by molar-refractivity contribution is -0.174. The summed E-state index contributed by atoms with van der Waals surface area (Å²) in [4.78, 5) is 13.1. The fourth-order valence-electron chi connectivity index (χ4n) is 7.89. The zero-order chi connectivity index (χ0) is 16.6. The third kappa shape index (κ3) is 1.98. The van der Waals surface area contributed by atoms with E-state index >= 15 is 0 Å². The molecular weight excluding hydrogens is 296 g/mol. The maximum Gasteiger partial charge on any atom is 0.309 e. The average molecular weight is 326 g/mol. The molecule has 0 N–H and O–H groups in total. The van der Waals surface area contributed by atoms with Crippen LogP contribution in [-0.4, -0.2) is 11.6 Å². The highest BCUT2D eigenvalue weighted by Crippen LogP contribution is 2.65. The van der Waals surface area contributed by atoms with E-state index in [1.54, 1.807) is 0 Å². The third-order valence-electron chi connectivity index (χ3n) is 8.79. The molecule has 2 heteroatoms. The Balaban J connectivity index is 1.32.